The molecule has 1 heterocycles. The van der Waals surface area contributed by atoms with E-state index < -0.39 is 6.03 Å². The van der Waals surface area contributed by atoms with Crippen LogP contribution in [-0.2, 0) is 6.54 Å². The number of carbonyl (C=O) groups is 1. The standard InChI is InChI=1S/C30H25ClN4O3/c1-19-32-26-16-15-22(33-30(37)34-27-9-5-4-8-25(27)31)17-24(26)29(36)35(19)18-20-11-13-21(14-12-20)23-7-3-6-10-28(23)38-2/h3-17H,18H2,1-2H3,(H2,33,34,37). The van der Waals surface area contributed by atoms with Gasteiger partial charge < -0.3 is 15.4 Å². The van der Waals surface area contributed by atoms with E-state index in [-0.39, 0.29) is 5.56 Å². The number of rotatable bonds is 6. The van der Waals surface area contributed by atoms with Crippen molar-refractivity contribution in [2.24, 2.45) is 0 Å². The van der Waals surface area contributed by atoms with E-state index in [1.165, 1.54) is 0 Å². The lowest BCUT2D eigenvalue weighted by atomic mass is 10.0. The van der Waals surface area contributed by atoms with Crippen molar-refractivity contribution in [2.75, 3.05) is 17.7 Å². The highest BCUT2D eigenvalue weighted by Gasteiger charge is 2.12. The molecule has 0 spiro atoms. The number of aromatic nitrogens is 2. The third-order valence-electron chi connectivity index (χ3n) is 6.24. The van der Waals surface area contributed by atoms with Gasteiger partial charge in [-0.05, 0) is 54.4 Å². The summed E-state index contributed by atoms with van der Waals surface area (Å²) in [5.74, 6) is 1.41. The average molecular weight is 525 g/mol. The van der Waals surface area contributed by atoms with Gasteiger partial charge in [0.05, 0.1) is 35.3 Å². The van der Waals surface area contributed by atoms with E-state index in [9.17, 15) is 9.59 Å². The Morgan fingerprint density at radius 2 is 1.68 bits per heavy atom. The summed E-state index contributed by atoms with van der Waals surface area (Å²) in [4.78, 5) is 30.6. The molecule has 190 valence electrons. The third-order valence-corrected chi connectivity index (χ3v) is 6.57. The zero-order valence-electron chi connectivity index (χ0n) is 20.9. The number of ether oxygens (including phenoxy) is 1. The molecule has 0 saturated carbocycles. The van der Waals surface area contributed by atoms with Crippen LogP contribution >= 0.6 is 11.6 Å². The van der Waals surface area contributed by atoms with Crippen molar-refractivity contribution in [1.82, 2.24) is 9.55 Å². The number of benzene rings is 4. The number of halogens is 1. The normalized spacial score (nSPS) is 10.8. The predicted octanol–water partition coefficient (Wildman–Crippen LogP) is 6.73. The Morgan fingerprint density at radius 3 is 2.45 bits per heavy atom. The molecule has 7 nitrogen and oxygen atoms in total. The molecule has 8 heteroatoms. The van der Waals surface area contributed by atoms with E-state index in [0.717, 1.165) is 22.4 Å². The monoisotopic (exact) mass is 524 g/mol. The van der Waals surface area contributed by atoms with Gasteiger partial charge in [0.2, 0.25) is 0 Å². The molecule has 0 aliphatic rings. The Hall–Kier alpha value is -4.62. The second-order valence-electron chi connectivity index (χ2n) is 8.74. The van der Waals surface area contributed by atoms with Crippen molar-refractivity contribution >= 4 is 39.9 Å². The maximum Gasteiger partial charge on any atom is 0.323 e. The summed E-state index contributed by atoms with van der Waals surface area (Å²) in [7, 11) is 1.65. The van der Waals surface area contributed by atoms with Gasteiger partial charge >= 0.3 is 6.03 Å². The average Bonchev–Trinajstić information content (AvgIpc) is 2.93. The number of hydrogen-bond acceptors (Lipinski definition) is 4. The minimum Gasteiger partial charge on any atom is -0.496 e. The molecule has 0 atom stereocenters. The lowest BCUT2D eigenvalue weighted by Crippen LogP contribution is -2.25. The fourth-order valence-electron chi connectivity index (χ4n) is 4.30. The molecule has 0 saturated heterocycles. The van der Waals surface area contributed by atoms with E-state index in [2.05, 4.69) is 15.6 Å². The highest BCUT2D eigenvalue weighted by atomic mass is 35.5. The van der Waals surface area contributed by atoms with Gasteiger partial charge in [0.25, 0.3) is 5.56 Å². The van der Waals surface area contributed by atoms with Gasteiger partial charge in [0, 0.05) is 11.3 Å². The molecule has 5 aromatic rings. The number of nitrogens with one attached hydrogen (secondary N) is 2. The van der Waals surface area contributed by atoms with E-state index in [0.29, 0.717) is 39.7 Å². The lowest BCUT2D eigenvalue weighted by molar-refractivity contribution is 0.262. The molecule has 0 radical (unpaired) electrons. The Balaban J connectivity index is 1.39. The maximum absolute atomic E-state index is 13.5. The van der Waals surface area contributed by atoms with E-state index in [4.69, 9.17) is 16.3 Å². The quantitative estimate of drug-likeness (QED) is 0.258. The van der Waals surface area contributed by atoms with Gasteiger partial charge in [0.1, 0.15) is 11.6 Å². The molecule has 2 amide bonds. The van der Waals surface area contributed by atoms with Gasteiger partial charge in [-0.25, -0.2) is 9.78 Å². The first-order valence-electron chi connectivity index (χ1n) is 12.0. The molecule has 38 heavy (non-hydrogen) atoms. The third kappa shape index (κ3) is 5.23. The summed E-state index contributed by atoms with van der Waals surface area (Å²) in [6, 6.07) is 27.4. The highest BCUT2D eigenvalue weighted by Crippen LogP contribution is 2.29. The number of anilines is 2. The molecule has 0 unspecified atom stereocenters. The first kappa shape index (κ1) is 25.0. The van der Waals surface area contributed by atoms with E-state index >= 15 is 0 Å². The summed E-state index contributed by atoms with van der Waals surface area (Å²) in [6.45, 7) is 2.18. The number of nitrogens with zero attached hydrogens (tertiary/aromatic N) is 2. The van der Waals surface area contributed by atoms with Crippen LogP contribution in [-0.4, -0.2) is 22.7 Å². The molecule has 0 aliphatic carbocycles. The van der Waals surface area contributed by atoms with Gasteiger partial charge in [-0.3, -0.25) is 9.36 Å². The second kappa shape index (κ2) is 10.8. The molecule has 2 N–H and O–H groups in total. The van der Waals surface area contributed by atoms with Crippen LogP contribution in [0.4, 0.5) is 16.2 Å². The van der Waals surface area contributed by atoms with Crippen LogP contribution in [0, 0.1) is 6.92 Å². The summed E-state index contributed by atoms with van der Waals surface area (Å²) >= 11 is 6.12. The number of aryl methyl sites for hydroxylation is 1. The van der Waals surface area contributed by atoms with Crippen molar-refractivity contribution < 1.29 is 9.53 Å². The maximum atomic E-state index is 13.5. The van der Waals surface area contributed by atoms with Crippen molar-refractivity contribution in [3.05, 3.63) is 118 Å². The molecule has 0 aliphatic heterocycles. The topological polar surface area (TPSA) is 85.2 Å². The number of methoxy groups -OCH3 is 1. The minimum absolute atomic E-state index is 0.184. The van der Waals surface area contributed by atoms with Crippen LogP contribution in [0.5, 0.6) is 5.75 Å². The fraction of sp³-hybridized carbons (Fsp3) is 0.100. The van der Waals surface area contributed by atoms with Crippen molar-refractivity contribution in [1.29, 1.82) is 0 Å². The second-order valence-corrected chi connectivity index (χ2v) is 9.15. The lowest BCUT2D eigenvalue weighted by Gasteiger charge is -2.13. The number of carbonyl (C=O) groups excluding carboxylic acids is 1. The van der Waals surface area contributed by atoms with Crippen molar-refractivity contribution in [2.45, 2.75) is 13.5 Å². The Morgan fingerprint density at radius 1 is 0.947 bits per heavy atom. The van der Waals surface area contributed by atoms with Crippen LogP contribution in [0.2, 0.25) is 5.02 Å². The fourth-order valence-corrected chi connectivity index (χ4v) is 4.48. The van der Waals surface area contributed by atoms with Gasteiger partial charge in [-0.2, -0.15) is 0 Å². The molecular formula is C30H25ClN4O3. The zero-order valence-corrected chi connectivity index (χ0v) is 21.6. The highest BCUT2D eigenvalue weighted by molar-refractivity contribution is 6.33. The number of amides is 2. The predicted molar refractivity (Wildman–Crippen MR) is 152 cm³/mol. The van der Waals surface area contributed by atoms with Crippen LogP contribution in [0.25, 0.3) is 22.0 Å². The van der Waals surface area contributed by atoms with Crippen LogP contribution in [0.15, 0.2) is 95.8 Å². The van der Waals surface area contributed by atoms with Gasteiger partial charge in [0.15, 0.2) is 0 Å². The number of para-hydroxylation sites is 2. The minimum atomic E-state index is -0.465. The molecule has 1 aromatic heterocycles. The molecule has 0 bridgehead atoms. The van der Waals surface area contributed by atoms with Crippen LogP contribution in [0.1, 0.15) is 11.4 Å². The molecule has 0 fully saturated rings. The zero-order chi connectivity index (χ0) is 26.6. The summed E-state index contributed by atoms with van der Waals surface area (Å²) in [6.07, 6.45) is 0. The summed E-state index contributed by atoms with van der Waals surface area (Å²) in [5, 5.41) is 6.31. The molecule has 4 aromatic carbocycles. The largest absolute Gasteiger partial charge is 0.496 e. The summed E-state index contributed by atoms with van der Waals surface area (Å²) in [5.41, 5.74) is 4.33. The Kier molecular flexibility index (Phi) is 7.11. The van der Waals surface area contributed by atoms with Gasteiger partial charge in [-0.1, -0.05) is 66.2 Å². The SMILES string of the molecule is COc1ccccc1-c1ccc(Cn2c(C)nc3ccc(NC(=O)Nc4ccccc4Cl)cc3c2=O)cc1. The first-order chi connectivity index (χ1) is 18.4. The number of urea groups is 1. The van der Waals surface area contributed by atoms with E-state index in [1.807, 2.05) is 55.5 Å². The van der Waals surface area contributed by atoms with Crippen LogP contribution in [0.3, 0.4) is 0 Å². The summed E-state index contributed by atoms with van der Waals surface area (Å²) < 4.78 is 7.11. The van der Waals surface area contributed by atoms with Gasteiger partial charge in [-0.15, -0.1) is 0 Å². The Labute approximate surface area is 224 Å². The first-order valence-corrected chi connectivity index (χ1v) is 12.4. The van der Waals surface area contributed by atoms with Crippen molar-refractivity contribution in [3.8, 4) is 16.9 Å². The molecule has 5 rings (SSSR count). The number of fused-ring (bicyclic) bond motifs is 1. The van der Waals surface area contributed by atoms with Crippen molar-refractivity contribution in [3.63, 3.8) is 0 Å². The molecular weight excluding hydrogens is 500 g/mol. The Bertz CT molecular complexity index is 1700. The van der Waals surface area contributed by atoms with Crippen LogP contribution < -0.4 is 20.9 Å². The smallest absolute Gasteiger partial charge is 0.323 e. The number of hydrogen-bond donors (Lipinski definition) is 2. The van der Waals surface area contributed by atoms with E-state index in [1.54, 1.807) is 54.1 Å².